The summed E-state index contributed by atoms with van der Waals surface area (Å²) in [5.74, 6) is -0.0683. The molecule has 2 aromatic carbocycles. The molecule has 0 amide bonds. The highest BCUT2D eigenvalue weighted by molar-refractivity contribution is 6.12. The highest BCUT2D eigenvalue weighted by Crippen LogP contribution is 2.35. The van der Waals surface area contributed by atoms with Gasteiger partial charge in [0.15, 0.2) is 0 Å². The van der Waals surface area contributed by atoms with E-state index in [4.69, 9.17) is 9.47 Å². The molecule has 1 atom stereocenters. The van der Waals surface area contributed by atoms with E-state index in [2.05, 4.69) is 9.97 Å². The summed E-state index contributed by atoms with van der Waals surface area (Å²) in [6.07, 6.45) is 3.24. The summed E-state index contributed by atoms with van der Waals surface area (Å²) in [6, 6.07) is 19.5. The van der Waals surface area contributed by atoms with Gasteiger partial charge in [0.05, 0.1) is 22.1 Å². The standard InChI is InChI=1S/C24H22N2O3/c27-24(19-9-4-8-18-21(19)26-20-10-5-13-25-22(18)20)29-23(16-6-2-1-3-7-16)17-11-14-28-15-12-17/h1-10,13,17,23,26H,11-12,14-15H2. The predicted octanol–water partition coefficient (Wildman–Crippen LogP) is 5.04. The second-order valence-electron chi connectivity index (χ2n) is 7.44. The van der Waals surface area contributed by atoms with Crippen molar-refractivity contribution in [2.45, 2.75) is 18.9 Å². The van der Waals surface area contributed by atoms with Crippen molar-refractivity contribution in [1.29, 1.82) is 0 Å². The number of nitrogens with one attached hydrogen (secondary N) is 1. The van der Waals surface area contributed by atoms with E-state index in [1.54, 1.807) is 6.20 Å². The van der Waals surface area contributed by atoms with Crippen LogP contribution in [-0.4, -0.2) is 29.2 Å². The number of hydrogen-bond acceptors (Lipinski definition) is 4. The molecule has 0 aliphatic carbocycles. The van der Waals surface area contributed by atoms with E-state index in [1.165, 1.54) is 0 Å². The summed E-state index contributed by atoms with van der Waals surface area (Å²) in [7, 11) is 0. The van der Waals surface area contributed by atoms with Crippen molar-refractivity contribution in [2.75, 3.05) is 13.2 Å². The van der Waals surface area contributed by atoms with Gasteiger partial charge in [0.1, 0.15) is 6.10 Å². The maximum Gasteiger partial charge on any atom is 0.340 e. The Hall–Kier alpha value is -3.18. The van der Waals surface area contributed by atoms with Crippen LogP contribution in [-0.2, 0) is 9.47 Å². The number of ether oxygens (including phenoxy) is 2. The fourth-order valence-corrected chi connectivity index (χ4v) is 4.19. The smallest absolute Gasteiger partial charge is 0.340 e. The maximum absolute atomic E-state index is 13.3. The van der Waals surface area contributed by atoms with Gasteiger partial charge >= 0.3 is 5.97 Å². The van der Waals surface area contributed by atoms with Gasteiger partial charge in [-0.3, -0.25) is 4.98 Å². The lowest BCUT2D eigenvalue weighted by Gasteiger charge is -2.30. The van der Waals surface area contributed by atoms with Crippen LogP contribution in [0, 0.1) is 5.92 Å². The molecule has 1 saturated heterocycles. The van der Waals surface area contributed by atoms with E-state index >= 15 is 0 Å². The molecule has 1 aliphatic rings. The molecule has 1 N–H and O–H groups in total. The van der Waals surface area contributed by atoms with Crippen LogP contribution in [0.5, 0.6) is 0 Å². The number of carbonyl (C=O) groups is 1. The highest BCUT2D eigenvalue weighted by atomic mass is 16.5. The van der Waals surface area contributed by atoms with Crippen molar-refractivity contribution in [2.24, 2.45) is 5.92 Å². The first-order valence-electron chi connectivity index (χ1n) is 10.0. The number of H-pyrrole nitrogens is 1. The fourth-order valence-electron chi connectivity index (χ4n) is 4.19. The van der Waals surface area contributed by atoms with Gasteiger partial charge in [-0.05, 0) is 36.6 Å². The second kappa shape index (κ2) is 7.68. The number of aromatic nitrogens is 2. The maximum atomic E-state index is 13.3. The van der Waals surface area contributed by atoms with E-state index in [-0.39, 0.29) is 18.0 Å². The number of pyridine rings is 1. The largest absolute Gasteiger partial charge is 0.454 e. The Morgan fingerprint density at radius 3 is 2.69 bits per heavy atom. The number of carbonyl (C=O) groups excluding carboxylic acids is 1. The predicted molar refractivity (Wildman–Crippen MR) is 112 cm³/mol. The molecule has 5 nitrogen and oxygen atoms in total. The van der Waals surface area contributed by atoms with E-state index in [0.29, 0.717) is 18.8 Å². The zero-order valence-electron chi connectivity index (χ0n) is 16.0. The van der Waals surface area contributed by atoms with Crippen LogP contribution >= 0.6 is 0 Å². The number of fused-ring (bicyclic) bond motifs is 3. The Labute approximate surface area is 168 Å². The summed E-state index contributed by atoms with van der Waals surface area (Å²) in [6.45, 7) is 1.41. The molecule has 3 heterocycles. The first kappa shape index (κ1) is 17.9. The average Bonchev–Trinajstić information content (AvgIpc) is 3.17. The van der Waals surface area contributed by atoms with Gasteiger partial charge in [0.2, 0.25) is 0 Å². The summed E-state index contributed by atoms with van der Waals surface area (Å²) < 4.78 is 11.6. The van der Waals surface area contributed by atoms with Crippen molar-refractivity contribution in [1.82, 2.24) is 9.97 Å². The Morgan fingerprint density at radius 2 is 1.86 bits per heavy atom. The molecule has 0 saturated carbocycles. The molecule has 5 rings (SSSR count). The van der Waals surface area contributed by atoms with Crippen LogP contribution in [0.4, 0.5) is 0 Å². The normalized spacial score (nSPS) is 16.1. The number of rotatable bonds is 4. The molecule has 4 aromatic rings. The second-order valence-corrected chi connectivity index (χ2v) is 7.44. The molecule has 0 bridgehead atoms. The molecule has 0 radical (unpaired) electrons. The molecular weight excluding hydrogens is 364 g/mol. The van der Waals surface area contributed by atoms with Gasteiger partial charge in [-0.15, -0.1) is 0 Å². The number of nitrogens with zero attached hydrogens (tertiary/aromatic N) is 1. The molecule has 1 aliphatic heterocycles. The molecule has 146 valence electrons. The Balaban J connectivity index is 1.52. The number of esters is 1. The first-order chi connectivity index (χ1) is 14.3. The van der Waals surface area contributed by atoms with Crippen molar-refractivity contribution in [3.63, 3.8) is 0 Å². The summed E-state index contributed by atoms with van der Waals surface area (Å²) in [5, 5.41) is 0.928. The number of para-hydroxylation sites is 1. The number of aromatic amines is 1. The van der Waals surface area contributed by atoms with E-state index in [0.717, 1.165) is 40.3 Å². The Bertz CT molecular complexity index is 1150. The van der Waals surface area contributed by atoms with Crippen molar-refractivity contribution < 1.29 is 14.3 Å². The summed E-state index contributed by atoms with van der Waals surface area (Å²) in [4.78, 5) is 21.1. The molecule has 2 aromatic heterocycles. The lowest BCUT2D eigenvalue weighted by molar-refractivity contribution is -0.0193. The molecular formula is C24H22N2O3. The van der Waals surface area contributed by atoms with Gasteiger partial charge < -0.3 is 14.5 Å². The molecule has 1 fully saturated rings. The minimum atomic E-state index is -0.317. The molecule has 29 heavy (non-hydrogen) atoms. The third-order valence-corrected chi connectivity index (χ3v) is 5.66. The van der Waals surface area contributed by atoms with Gasteiger partial charge in [-0.25, -0.2) is 4.79 Å². The Morgan fingerprint density at radius 1 is 1.03 bits per heavy atom. The summed E-state index contributed by atoms with van der Waals surface area (Å²) in [5.41, 5.74) is 4.10. The molecule has 5 heteroatoms. The third kappa shape index (κ3) is 3.38. The van der Waals surface area contributed by atoms with Crippen molar-refractivity contribution >= 4 is 27.9 Å². The summed E-state index contributed by atoms with van der Waals surface area (Å²) >= 11 is 0. The van der Waals surface area contributed by atoms with Crippen molar-refractivity contribution in [3.8, 4) is 0 Å². The van der Waals surface area contributed by atoms with Crippen LogP contribution in [0.15, 0.2) is 66.9 Å². The van der Waals surface area contributed by atoms with Crippen LogP contribution < -0.4 is 0 Å². The van der Waals surface area contributed by atoms with Crippen molar-refractivity contribution in [3.05, 3.63) is 78.0 Å². The zero-order chi connectivity index (χ0) is 19.6. The van der Waals surface area contributed by atoms with Gasteiger partial charge in [0, 0.05) is 30.7 Å². The first-order valence-corrected chi connectivity index (χ1v) is 10.0. The van der Waals surface area contributed by atoms with E-state index in [9.17, 15) is 4.79 Å². The third-order valence-electron chi connectivity index (χ3n) is 5.66. The van der Waals surface area contributed by atoms with Gasteiger partial charge in [-0.2, -0.15) is 0 Å². The topological polar surface area (TPSA) is 64.2 Å². The monoisotopic (exact) mass is 386 g/mol. The SMILES string of the molecule is O=C(OC(c1ccccc1)C1CCOCC1)c1cccc2c1[nH]c1cccnc12. The Kier molecular flexibility index (Phi) is 4.74. The number of hydrogen-bond donors (Lipinski definition) is 1. The lowest BCUT2D eigenvalue weighted by atomic mass is 9.89. The quantitative estimate of drug-likeness (QED) is 0.499. The lowest BCUT2D eigenvalue weighted by Crippen LogP contribution is -2.26. The minimum absolute atomic E-state index is 0.249. The van der Waals surface area contributed by atoms with Gasteiger partial charge in [-0.1, -0.05) is 42.5 Å². The van der Waals surface area contributed by atoms with E-state index < -0.39 is 0 Å². The van der Waals surface area contributed by atoms with E-state index in [1.807, 2.05) is 60.7 Å². The van der Waals surface area contributed by atoms with Crippen LogP contribution in [0.25, 0.3) is 21.9 Å². The minimum Gasteiger partial charge on any atom is -0.454 e. The zero-order valence-corrected chi connectivity index (χ0v) is 16.0. The van der Waals surface area contributed by atoms with Crippen LogP contribution in [0.3, 0.4) is 0 Å². The van der Waals surface area contributed by atoms with Crippen LogP contribution in [0.2, 0.25) is 0 Å². The molecule has 0 spiro atoms. The average molecular weight is 386 g/mol. The fraction of sp³-hybridized carbons (Fsp3) is 0.250. The number of benzene rings is 2. The molecule has 1 unspecified atom stereocenters. The highest BCUT2D eigenvalue weighted by Gasteiger charge is 2.29. The van der Waals surface area contributed by atoms with Crippen LogP contribution in [0.1, 0.15) is 34.9 Å². The van der Waals surface area contributed by atoms with Gasteiger partial charge in [0.25, 0.3) is 0 Å².